The molecule has 0 N–H and O–H groups in total. The molecule has 4 heteroatoms. The van der Waals surface area contributed by atoms with Crippen LogP contribution in [0.4, 0.5) is 0 Å². The number of rotatable bonds is 4. The van der Waals surface area contributed by atoms with Gasteiger partial charge in [0.05, 0.1) is 11.0 Å². The molecule has 0 bridgehead atoms. The Morgan fingerprint density at radius 3 is 2.28 bits per heavy atom. The van der Waals surface area contributed by atoms with Gasteiger partial charge in [0, 0.05) is 27.6 Å². The van der Waals surface area contributed by atoms with E-state index in [0.29, 0.717) is 11.7 Å². The predicted octanol–water partition coefficient (Wildman–Crippen LogP) is 7.06. The minimum atomic E-state index is 0.519. The van der Waals surface area contributed by atoms with Gasteiger partial charge >= 0.3 is 0 Å². The van der Waals surface area contributed by atoms with Gasteiger partial charge in [-0.25, -0.2) is 0 Å². The van der Waals surface area contributed by atoms with Crippen LogP contribution in [0.2, 0.25) is 0 Å². The van der Waals surface area contributed by atoms with Crippen molar-refractivity contribution in [3.05, 3.63) is 103 Å². The molecule has 0 aliphatic rings. The fourth-order valence-corrected chi connectivity index (χ4v) is 4.32. The topological polar surface area (TPSA) is 43.9 Å². The van der Waals surface area contributed by atoms with Crippen molar-refractivity contribution in [3.63, 3.8) is 0 Å². The maximum Gasteiger partial charge on any atom is 0.258 e. The maximum atomic E-state index is 5.53. The summed E-state index contributed by atoms with van der Waals surface area (Å²) < 4.78 is 7.85. The van der Waals surface area contributed by atoms with Crippen LogP contribution in [0.15, 0.2) is 102 Å². The first-order chi connectivity index (χ1) is 15.8. The largest absolute Gasteiger partial charge is 0.334 e. The molecule has 32 heavy (non-hydrogen) atoms. The van der Waals surface area contributed by atoms with Crippen molar-refractivity contribution in [2.45, 2.75) is 13.3 Å². The molecule has 0 saturated heterocycles. The fourth-order valence-electron chi connectivity index (χ4n) is 4.32. The van der Waals surface area contributed by atoms with E-state index in [4.69, 9.17) is 4.52 Å². The zero-order chi connectivity index (χ0) is 21.5. The summed E-state index contributed by atoms with van der Waals surface area (Å²) in [7, 11) is 0. The van der Waals surface area contributed by atoms with Crippen LogP contribution in [-0.4, -0.2) is 14.7 Å². The first-order valence-corrected chi connectivity index (χ1v) is 10.8. The fraction of sp³-hybridized carbons (Fsp3) is 0.0714. The molecule has 154 valence electrons. The quantitative estimate of drug-likeness (QED) is 0.309. The Morgan fingerprint density at radius 2 is 1.47 bits per heavy atom. The van der Waals surface area contributed by atoms with E-state index in [1.807, 2.05) is 42.5 Å². The molecule has 6 aromatic rings. The molecule has 0 aliphatic carbocycles. The summed E-state index contributed by atoms with van der Waals surface area (Å²) >= 11 is 0. The first-order valence-electron chi connectivity index (χ1n) is 10.8. The van der Waals surface area contributed by atoms with Gasteiger partial charge in [0.2, 0.25) is 5.82 Å². The molecule has 0 spiro atoms. The van der Waals surface area contributed by atoms with Crippen molar-refractivity contribution in [1.29, 1.82) is 0 Å². The molecule has 0 atom stereocenters. The van der Waals surface area contributed by atoms with Gasteiger partial charge < -0.3 is 9.09 Å². The van der Waals surface area contributed by atoms with E-state index in [1.54, 1.807) is 0 Å². The Bertz CT molecular complexity index is 1540. The van der Waals surface area contributed by atoms with Gasteiger partial charge in [-0.1, -0.05) is 66.7 Å². The van der Waals surface area contributed by atoms with Gasteiger partial charge in [-0.05, 0) is 54.4 Å². The third-order valence-electron chi connectivity index (χ3n) is 5.98. The molecule has 0 amide bonds. The summed E-state index contributed by atoms with van der Waals surface area (Å²) in [6, 6.07) is 33.5. The summed E-state index contributed by atoms with van der Waals surface area (Å²) in [4.78, 5) is 4.58. The molecule has 0 radical (unpaired) electrons. The average Bonchev–Trinajstić information content (AvgIpc) is 3.48. The summed E-state index contributed by atoms with van der Waals surface area (Å²) in [5.41, 5.74) is 6.70. The van der Waals surface area contributed by atoms with Gasteiger partial charge in [0.15, 0.2) is 0 Å². The second-order valence-corrected chi connectivity index (χ2v) is 7.89. The molecule has 4 nitrogen and oxygen atoms in total. The van der Waals surface area contributed by atoms with Gasteiger partial charge in [0.1, 0.15) is 0 Å². The Kier molecular flexibility index (Phi) is 4.36. The van der Waals surface area contributed by atoms with Crippen LogP contribution in [0.5, 0.6) is 0 Å². The number of fused-ring (bicyclic) bond motifs is 3. The van der Waals surface area contributed by atoms with Gasteiger partial charge in [-0.15, -0.1) is 0 Å². The van der Waals surface area contributed by atoms with Crippen molar-refractivity contribution >= 4 is 21.8 Å². The second-order valence-electron chi connectivity index (χ2n) is 7.89. The zero-order valence-electron chi connectivity index (χ0n) is 17.7. The Balaban J connectivity index is 1.43. The third-order valence-corrected chi connectivity index (χ3v) is 5.98. The number of hydrogen-bond donors (Lipinski definition) is 0. The summed E-state index contributed by atoms with van der Waals surface area (Å²) in [6.45, 7) is 2.19. The Morgan fingerprint density at radius 1 is 0.719 bits per heavy atom. The minimum Gasteiger partial charge on any atom is -0.334 e. The Labute approximate surface area is 185 Å². The van der Waals surface area contributed by atoms with E-state index < -0.39 is 0 Å². The van der Waals surface area contributed by atoms with Gasteiger partial charge in [-0.3, -0.25) is 0 Å². The van der Waals surface area contributed by atoms with Crippen molar-refractivity contribution < 1.29 is 4.52 Å². The van der Waals surface area contributed by atoms with Crippen molar-refractivity contribution in [3.8, 4) is 28.5 Å². The zero-order valence-corrected chi connectivity index (χ0v) is 17.7. The number of nitrogens with zero attached hydrogens (tertiary/aromatic N) is 3. The average molecular weight is 415 g/mol. The van der Waals surface area contributed by atoms with Crippen LogP contribution in [0.3, 0.4) is 0 Å². The van der Waals surface area contributed by atoms with Crippen molar-refractivity contribution in [2.75, 3.05) is 0 Å². The Hall–Kier alpha value is -4.18. The molecular weight excluding hydrogens is 394 g/mol. The highest BCUT2D eigenvalue weighted by molar-refractivity contribution is 6.09. The lowest BCUT2D eigenvalue weighted by Gasteiger charge is -2.08. The minimum absolute atomic E-state index is 0.519. The lowest BCUT2D eigenvalue weighted by molar-refractivity contribution is 0.432. The number of para-hydroxylation sites is 1. The molecule has 0 saturated carbocycles. The molecule has 0 unspecified atom stereocenters. The van der Waals surface area contributed by atoms with Crippen LogP contribution in [-0.2, 0) is 6.42 Å². The smallest absolute Gasteiger partial charge is 0.258 e. The van der Waals surface area contributed by atoms with E-state index in [1.165, 1.54) is 27.4 Å². The van der Waals surface area contributed by atoms with Crippen LogP contribution >= 0.6 is 0 Å². The summed E-state index contributed by atoms with van der Waals surface area (Å²) in [5.74, 6) is 1.11. The predicted molar refractivity (Wildman–Crippen MR) is 129 cm³/mol. The van der Waals surface area contributed by atoms with Crippen molar-refractivity contribution in [2.24, 2.45) is 0 Å². The second kappa shape index (κ2) is 7.50. The van der Waals surface area contributed by atoms with Gasteiger partial charge in [-0.2, -0.15) is 4.98 Å². The van der Waals surface area contributed by atoms with Crippen LogP contribution in [0, 0.1) is 0 Å². The lowest BCUT2D eigenvalue weighted by Crippen LogP contribution is -1.94. The normalized spacial score (nSPS) is 11.4. The van der Waals surface area contributed by atoms with E-state index in [2.05, 4.69) is 76.2 Å². The molecule has 2 heterocycles. The first kappa shape index (κ1) is 18.6. The molecule has 2 aromatic heterocycles. The number of aryl methyl sites for hydroxylation is 1. The highest BCUT2D eigenvalue weighted by atomic mass is 16.5. The summed E-state index contributed by atoms with van der Waals surface area (Å²) in [5, 5.41) is 6.70. The van der Waals surface area contributed by atoms with Crippen LogP contribution < -0.4 is 0 Å². The van der Waals surface area contributed by atoms with E-state index in [-0.39, 0.29) is 0 Å². The highest BCUT2D eigenvalue weighted by Crippen LogP contribution is 2.33. The summed E-state index contributed by atoms with van der Waals surface area (Å²) in [6.07, 6.45) is 1.03. The SMILES string of the molecule is CCc1ccc2c(c1)c1ccccc1n2-c1ccc(-c2nc(-c3ccccc3)no2)cc1. The van der Waals surface area contributed by atoms with Crippen LogP contribution in [0.1, 0.15) is 12.5 Å². The maximum absolute atomic E-state index is 5.53. The molecule has 0 aliphatic heterocycles. The van der Waals surface area contributed by atoms with Crippen molar-refractivity contribution in [1.82, 2.24) is 14.7 Å². The monoisotopic (exact) mass is 415 g/mol. The standard InChI is InChI=1S/C28H21N3O/c1-2-19-12-17-26-24(18-19)23-10-6-7-11-25(23)31(26)22-15-13-21(14-16-22)28-29-27(30-32-28)20-8-4-3-5-9-20/h3-18H,2H2,1H3. The van der Waals surface area contributed by atoms with E-state index in [9.17, 15) is 0 Å². The molecule has 4 aromatic carbocycles. The molecule has 0 fully saturated rings. The molecule has 6 rings (SSSR count). The number of hydrogen-bond acceptors (Lipinski definition) is 3. The number of aromatic nitrogens is 3. The molecular formula is C28H21N3O. The van der Waals surface area contributed by atoms with E-state index in [0.717, 1.165) is 23.2 Å². The third kappa shape index (κ3) is 3.00. The highest BCUT2D eigenvalue weighted by Gasteiger charge is 2.14. The lowest BCUT2D eigenvalue weighted by atomic mass is 10.1. The van der Waals surface area contributed by atoms with Crippen LogP contribution in [0.25, 0.3) is 50.3 Å². The number of benzene rings is 4. The van der Waals surface area contributed by atoms with Gasteiger partial charge in [0.25, 0.3) is 5.89 Å². The van der Waals surface area contributed by atoms with E-state index >= 15 is 0 Å².